The molecule has 0 saturated carbocycles. The Morgan fingerprint density at radius 1 is 1.20 bits per heavy atom. The molecule has 110 valence electrons. The average molecular weight is 278 g/mol. The average Bonchev–Trinajstić information content (AvgIpc) is 2.44. The Kier molecular flexibility index (Phi) is 6.56. The number of hydrogen-bond acceptors (Lipinski definition) is 3. The molecule has 0 bridgehead atoms. The number of primary amides is 1. The molecular weight excluding hydrogens is 256 g/mol. The minimum Gasteiger partial charge on any atom is -0.484 e. The van der Waals surface area contributed by atoms with Crippen LogP contribution in [0, 0.1) is 0 Å². The number of nitrogens with zero attached hydrogens (tertiary/aromatic N) is 1. The molecule has 2 N–H and O–H groups in total. The molecule has 1 aromatic carbocycles. The lowest BCUT2D eigenvalue weighted by atomic mass is 10.1. The van der Waals surface area contributed by atoms with Crippen LogP contribution in [0.4, 0.5) is 0 Å². The first-order valence-electron chi connectivity index (χ1n) is 6.88. The number of hydrogen-bond donors (Lipinski definition) is 1. The monoisotopic (exact) mass is 278 g/mol. The van der Waals surface area contributed by atoms with E-state index in [1.54, 1.807) is 24.3 Å². The Balaban J connectivity index is 2.80. The van der Waals surface area contributed by atoms with Crippen LogP contribution in [0.1, 0.15) is 37.0 Å². The van der Waals surface area contributed by atoms with Crippen molar-refractivity contribution in [1.29, 1.82) is 0 Å². The van der Waals surface area contributed by atoms with Crippen molar-refractivity contribution in [2.75, 3.05) is 19.7 Å². The van der Waals surface area contributed by atoms with Gasteiger partial charge in [-0.3, -0.25) is 9.59 Å². The normalized spacial score (nSPS) is 10.1. The molecule has 5 nitrogen and oxygen atoms in total. The number of amides is 2. The van der Waals surface area contributed by atoms with Gasteiger partial charge >= 0.3 is 0 Å². The third-order valence-electron chi connectivity index (χ3n) is 2.74. The molecule has 1 rings (SSSR count). The fraction of sp³-hybridized carbons (Fsp3) is 0.467. The zero-order valence-electron chi connectivity index (χ0n) is 12.1. The molecule has 5 heteroatoms. The predicted molar refractivity (Wildman–Crippen MR) is 77.6 cm³/mol. The molecule has 0 aliphatic rings. The molecule has 0 heterocycles. The van der Waals surface area contributed by atoms with E-state index in [-0.39, 0.29) is 12.5 Å². The Labute approximate surface area is 119 Å². The number of nitrogens with two attached hydrogens (primary N) is 1. The van der Waals surface area contributed by atoms with Crippen molar-refractivity contribution >= 4 is 11.8 Å². The first-order chi connectivity index (χ1) is 9.58. The topological polar surface area (TPSA) is 72.6 Å². The van der Waals surface area contributed by atoms with Gasteiger partial charge in [-0.05, 0) is 31.0 Å². The molecule has 0 aliphatic carbocycles. The molecule has 0 fully saturated rings. The summed E-state index contributed by atoms with van der Waals surface area (Å²) < 4.78 is 5.21. The van der Waals surface area contributed by atoms with Crippen molar-refractivity contribution in [3.63, 3.8) is 0 Å². The highest BCUT2D eigenvalue weighted by Crippen LogP contribution is 2.15. The molecule has 20 heavy (non-hydrogen) atoms. The highest BCUT2D eigenvalue weighted by molar-refractivity contribution is 5.94. The van der Waals surface area contributed by atoms with Crippen LogP contribution in [0.15, 0.2) is 24.3 Å². The van der Waals surface area contributed by atoms with E-state index in [1.165, 1.54) is 0 Å². The zero-order valence-corrected chi connectivity index (χ0v) is 12.1. The molecule has 0 saturated heterocycles. The van der Waals surface area contributed by atoms with Gasteiger partial charge in [0.2, 0.25) is 0 Å². The van der Waals surface area contributed by atoms with Gasteiger partial charge in [0, 0.05) is 18.7 Å². The highest BCUT2D eigenvalue weighted by Gasteiger charge is 2.14. The summed E-state index contributed by atoms with van der Waals surface area (Å²) in [5.41, 5.74) is 5.59. The predicted octanol–water partition coefficient (Wildman–Crippen LogP) is 1.81. The van der Waals surface area contributed by atoms with Crippen LogP contribution < -0.4 is 10.5 Å². The summed E-state index contributed by atoms with van der Waals surface area (Å²) >= 11 is 0. The molecule has 0 aliphatic heterocycles. The van der Waals surface area contributed by atoms with Crippen LogP contribution in [0.5, 0.6) is 5.75 Å². The van der Waals surface area contributed by atoms with E-state index in [4.69, 9.17) is 10.5 Å². The fourth-order valence-electron chi connectivity index (χ4n) is 1.91. The lowest BCUT2D eigenvalue weighted by molar-refractivity contribution is -0.119. The van der Waals surface area contributed by atoms with E-state index >= 15 is 0 Å². The van der Waals surface area contributed by atoms with Crippen LogP contribution in [-0.2, 0) is 4.79 Å². The van der Waals surface area contributed by atoms with Crippen molar-refractivity contribution in [2.24, 2.45) is 5.73 Å². The molecule has 1 aromatic rings. The quantitative estimate of drug-likeness (QED) is 0.788. The van der Waals surface area contributed by atoms with Crippen LogP contribution in [0.25, 0.3) is 0 Å². The number of rotatable bonds is 8. The van der Waals surface area contributed by atoms with Gasteiger partial charge in [-0.2, -0.15) is 0 Å². The third-order valence-corrected chi connectivity index (χ3v) is 2.74. The van der Waals surface area contributed by atoms with E-state index in [0.717, 1.165) is 25.9 Å². The second-order valence-corrected chi connectivity index (χ2v) is 4.58. The van der Waals surface area contributed by atoms with E-state index < -0.39 is 5.91 Å². The molecule has 2 amide bonds. The largest absolute Gasteiger partial charge is 0.484 e. The summed E-state index contributed by atoms with van der Waals surface area (Å²) in [7, 11) is 0. The zero-order chi connectivity index (χ0) is 15.0. The van der Waals surface area contributed by atoms with Gasteiger partial charge in [-0.1, -0.05) is 19.9 Å². The maximum absolute atomic E-state index is 12.4. The summed E-state index contributed by atoms with van der Waals surface area (Å²) in [5.74, 6) is -0.0823. The second kappa shape index (κ2) is 8.19. The van der Waals surface area contributed by atoms with Crippen LogP contribution in [-0.4, -0.2) is 36.4 Å². The number of carbonyl (C=O) groups excluding carboxylic acids is 2. The van der Waals surface area contributed by atoms with Crippen LogP contribution in [0.2, 0.25) is 0 Å². The smallest absolute Gasteiger partial charge is 0.255 e. The standard InChI is InChI=1S/C15H22N2O3/c1-3-8-17(9-4-2)15(19)12-6-5-7-13(10-12)20-11-14(16)18/h5-7,10H,3-4,8-9,11H2,1-2H3,(H2,16,18). The summed E-state index contributed by atoms with van der Waals surface area (Å²) in [6.45, 7) is 5.37. The van der Waals surface area contributed by atoms with Gasteiger partial charge in [0.1, 0.15) is 5.75 Å². The molecule has 0 unspecified atom stereocenters. The second-order valence-electron chi connectivity index (χ2n) is 4.58. The Hall–Kier alpha value is -2.04. The van der Waals surface area contributed by atoms with Crippen molar-refractivity contribution < 1.29 is 14.3 Å². The van der Waals surface area contributed by atoms with Gasteiger partial charge in [-0.25, -0.2) is 0 Å². The molecular formula is C15H22N2O3. The van der Waals surface area contributed by atoms with Gasteiger partial charge < -0.3 is 15.4 Å². The summed E-state index contributed by atoms with van der Waals surface area (Å²) in [5, 5.41) is 0. The molecule has 0 atom stereocenters. The first-order valence-corrected chi connectivity index (χ1v) is 6.88. The minimum atomic E-state index is -0.541. The van der Waals surface area contributed by atoms with E-state index in [9.17, 15) is 9.59 Å². The van der Waals surface area contributed by atoms with Gasteiger partial charge in [0.25, 0.3) is 11.8 Å². The number of carbonyl (C=O) groups is 2. The summed E-state index contributed by atoms with van der Waals surface area (Å²) in [4.78, 5) is 24.9. The van der Waals surface area contributed by atoms with Crippen molar-refractivity contribution in [2.45, 2.75) is 26.7 Å². The maximum Gasteiger partial charge on any atom is 0.255 e. The third kappa shape index (κ3) is 4.91. The number of ether oxygens (including phenoxy) is 1. The van der Waals surface area contributed by atoms with E-state index in [2.05, 4.69) is 0 Å². The molecule has 0 spiro atoms. The van der Waals surface area contributed by atoms with Crippen molar-refractivity contribution in [3.05, 3.63) is 29.8 Å². The Morgan fingerprint density at radius 2 is 1.85 bits per heavy atom. The van der Waals surface area contributed by atoms with Gasteiger partial charge in [0.05, 0.1) is 0 Å². The van der Waals surface area contributed by atoms with Crippen molar-refractivity contribution in [1.82, 2.24) is 4.90 Å². The highest BCUT2D eigenvalue weighted by atomic mass is 16.5. The van der Waals surface area contributed by atoms with Gasteiger partial charge in [-0.15, -0.1) is 0 Å². The summed E-state index contributed by atoms with van der Waals surface area (Å²) in [6.07, 6.45) is 1.84. The fourth-order valence-corrected chi connectivity index (χ4v) is 1.91. The van der Waals surface area contributed by atoms with Crippen LogP contribution in [0.3, 0.4) is 0 Å². The Bertz CT molecular complexity index is 454. The minimum absolute atomic E-state index is 0.0155. The lowest BCUT2D eigenvalue weighted by Gasteiger charge is -2.21. The summed E-state index contributed by atoms with van der Waals surface area (Å²) in [6, 6.07) is 6.82. The maximum atomic E-state index is 12.4. The Morgan fingerprint density at radius 3 is 2.40 bits per heavy atom. The molecule has 0 radical (unpaired) electrons. The molecule has 0 aromatic heterocycles. The number of benzene rings is 1. The SMILES string of the molecule is CCCN(CCC)C(=O)c1cccc(OCC(N)=O)c1. The van der Waals surface area contributed by atoms with Crippen LogP contribution >= 0.6 is 0 Å². The van der Waals surface area contributed by atoms with Gasteiger partial charge in [0.15, 0.2) is 6.61 Å². The van der Waals surface area contributed by atoms with E-state index in [1.807, 2.05) is 18.7 Å². The van der Waals surface area contributed by atoms with Crippen molar-refractivity contribution in [3.8, 4) is 5.75 Å². The van der Waals surface area contributed by atoms with E-state index in [0.29, 0.717) is 11.3 Å². The lowest BCUT2D eigenvalue weighted by Crippen LogP contribution is -2.32. The first kappa shape index (κ1) is 16.0.